The summed E-state index contributed by atoms with van der Waals surface area (Å²) in [5.74, 6) is 1.18. The zero-order valence-electron chi connectivity index (χ0n) is 16.6. The number of para-hydroxylation sites is 2. The molecule has 1 heterocycles. The highest BCUT2D eigenvalue weighted by Gasteiger charge is 2.26. The van der Waals surface area contributed by atoms with Crippen LogP contribution in [0.3, 0.4) is 0 Å². The molecule has 0 radical (unpaired) electrons. The van der Waals surface area contributed by atoms with Gasteiger partial charge in [-0.2, -0.15) is 0 Å². The third kappa shape index (κ3) is 4.30. The Bertz CT molecular complexity index is 1360. The SMILES string of the molecule is Cc1ccc(S(=O)(=O)Nc2ccccc2N=Cc2ccc3c(c2Br)OCO3)c([N+](=O)[O-])c1. The first-order valence-corrected chi connectivity index (χ1v) is 11.5. The fourth-order valence-corrected chi connectivity index (χ4v) is 4.83. The number of fused-ring (bicyclic) bond motifs is 1. The Hall–Kier alpha value is -3.44. The minimum atomic E-state index is -4.24. The van der Waals surface area contributed by atoms with Crippen molar-refractivity contribution in [2.75, 3.05) is 11.5 Å². The van der Waals surface area contributed by atoms with Crippen molar-refractivity contribution in [2.45, 2.75) is 11.8 Å². The summed E-state index contributed by atoms with van der Waals surface area (Å²) in [6, 6.07) is 14.0. The van der Waals surface area contributed by atoms with Gasteiger partial charge in [-0.25, -0.2) is 8.42 Å². The van der Waals surface area contributed by atoms with Gasteiger partial charge in [0.05, 0.1) is 20.8 Å². The van der Waals surface area contributed by atoms with Crippen LogP contribution < -0.4 is 14.2 Å². The lowest BCUT2D eigenvalue weighted by Gasteiger charge is -2.11. The van der Waals surface area contributed by atoms with Gasteiger partial charge in [0.25, 0.3) is 15.7 Å². The summed E-state index contributed by atoms with van der Waals surface area (Å²) in [4.78, 5) is 14.6. The number of nitrogens with one attached hydrogen (secondary N) is 1. The van der Waals surface area contributed by atoms with Crippen LogP contribution in [0, 0.1) is 17.0 Å². The fraction of sp³-hybridized carbons (Fsp3) is 0.0952. The quantitative estimate of drug-likeness (QED) is 0.280. The van der Waals surface area contributed by atoms with Gasteiger partial charge in [-0.05, 0) is 58.7 Å². The van der Waals surface area contributed by atoms with E-state index in [4.69, 9.17) is 9.47 Å². The molecule has 0 amide bonds. The zero-order chi connectivity index (χ0) is 22.9. The number of hydrogen-bond acceptors (Lipinski definition) is 7. The Kier molecular flexibility index (Phi) is 5.85. The normalized spacial score (nSPS) is 12.8. The van der Waals surface area contributed by atoms with Crippen molar-refractivity contribution >= 4 is 49.2 Å². The monoisotopic (exact) mass is 517 g/mol. The summed E-state index contributed by atoms with van der Waals surface area (Å²) in [5.41, 5.74) is 1.28. The maximum atomic E-state index is 12.9. The number of sulfonamides is 1. The third-order valence-corrected chi connectivity index (χ3v) is 6.83. The minimum absolute atomic E-state index is 0.129. The lowest BCUT2D eigenvalue weighted by molar-refractivity contribution is -0.387. The summed E-state index contributed by atoms with van der Waals surface area (Å²) in [6.07, 6.45) is 1.55. The molecular formula is C21H16BrN3O6S. The van der Waals surface area contributed by atoms with Crippen molar-refractivity contribution in [3.8, 4) is 11.5 Å². The number of nitro benzene ring substituents is 1. The lowest BCUT2D eigenvalue weighted by Crippen LogP contribution is -2.15. The van der Waals surface area contributed by atoms with E-state index in [2.05, 4.69) is 25.6 Å². The third-order valence-electron chi connectivity index (χ3n) is 4.60. The number of benzene rings is 3. The molecule has 1 aliphatic rings. The van der Waals surface area contributed by atoms with Crippen molar-refractivity contribution in [1.82, 2.24) is 0 Å². The first kappa shape index (κ1) is 21.8. The number of ether oxygens (including phenoxy) is 2. The summed E-state index contributed by atoms with van der Waals surface area (Å²) in [7, 11) is -4.24. The number of rotatable bonds is 6. The van der Waals surface area contributed by atoms with Crippen LogP contribution in [0.25, 0.3) is 0 Å². The van der Waals surface area contributed by atoms with Crippen LogP contribution in [0.5, 0.6) is 11.5 Å². The molecule has 9 nitrogen and oxygen atoms in total. The van der Waals surface area contributed by atoms with Gasteiger partial charge in [-0.15, -0.1) is 0 Å². The van der Waals surface area contributed by atoms with Gasteiger partial charge in [0.2, 0.25) is 6.79 Å². The van der Waals surface area contributed by atoms with E-state index in [1.54, 1.807) is 43.5 Å². The second kappa shape index (κ2) is 8.60. The first-order chi connectivity index (χ1) is 15.3. The summed E-state index contributed by atoms with van der Waals surface area (Å²) >= 11 is 3.46. The van der Waals surface area contributed by atoms with Gasteiger partial charge in [0, 0.05) is 17.8 Å². The molecule has 4 rings (SSSR count). The van der Waals surface area contributed by atoms with Crippen molar-refractivity contribution < 1.29 is 22.8 Å². The van der Waals surface area contributed by atoms with Gasteiger partial charge in [0.15, 0.2) is 16.4 Å². The van der Waals surface area contributed by atoms with Gasteiger partial charge in [-0.1, -0.05) is 18.2 Å². The maximum absolute atomic E-state index is 12.9. The Morgan fingerprint density at radius 3 is 2.72 bits per heavy atom. The minimum Gasteiger partial charge on any atom is -0.454 e. The largest absolute Gasteiger partial charge is 0.454 e. The zero-order valence-corrected chi connectivity index (χ0v) is 19.0. The molecule has 1 N–H and O–H groups in total. The standard InChI is InChI=1S/C21H16BrN3O6S/c1-13-6-9-19(17(10-13)25(26)27)32(28,29)24-16-5-3-2-4-15(16)23-11-14-7-8-18-21(20(14)22)31-12-30-18/h2-11,24H,12H2,1H3. The van der Waals surface area contributed by atoms with Crippen LogP contribution in [0.15, 0.2) is 69.0 Å². The van der Waals surface area contributed by atoms with Crippen LogP contribution in [0.4, 0.5) is 17.1 Å². The van der Waals surface area contributed by atoms with Crippen LogP contribution in [-0.4, -0.2) is 26.3 Å². The van der Waals surface area contributed by atoms with Crippen molar-refractivity contribution in [3.05, 3.63) is 80.3 Å². The molecule has 0 atom stereocenters. The van der Waals surface area contributed by atoms with Gasteiger partial charge in [0.1, 0.15) is 0 Å². The number of halogens is 1. The second-order valence-corrected chi connectivity index (χ2v) is 9.26. The van der Waals surface area contributed by atoms with E-state index in [0.717, 1.165) is 0 Å². The summed E-state index contributed by atoms with van der Waals surface area (Å²) < 4.78 is 39.7. The number of hydrogen-bond donors (Lipinski definition) is 1. The molecule has 0 unspecified atom stereocenters. The van der Waals surface area contributed by atoms with Crippen LogP contribution >= 0.6 is 15.9 Å². The highest BCUT2D eigenvalue weighted by Crippen LogP contribution is 2.40. The molecule has 0 bridgehead atoms. The van der Waals surface area contributed by atoms with E-state index in [0.29, 0.717) is 32.8 Å². The van der Waals surface area contributed by atoms with Crippen molar-refractivity contribution in [2.24, 2.45) is 4.99 Å². The highest BCUT2D eigenvalue weighted by atomic mass is 79.9. The molecular weight excluding hydrogens is 502 g/mol. The van der Waals surface area contributed by atoms with E-state index in [1.165, 1.54) is 24.3 Å². The molecule has 0 aromatic heterocycles. The number of nitro groups is 1. The van der Waals surface area contributed by atoms with Gasteiger partial charge >= 0.3 is 0 Å². The van der Waals surface area contributed by atoms with E-state index in [-0.39, 0.29) is 12.5 Å². The average Bonchev–Trinajstić information content (AvgIpc) is 3.23. The predicted octanol–water partition coefficient (Wildman–Crippen LogP) is 4.95. The molecule has 0 saturated heterocycles. The summed E-state index contributed by atoms with van der Waals surface area (Å²) in [5, 5.41) is 11.4. The highest BCUT2D eigenvalue weighted by molar-refractivity contribution is 9.10. The number of nitrogens with zero attached hydrogens (tertiary/aromatic N) is 2. The fourth-order valence-electron chi connectivity index (χ4n) is 3.06. The Morgan fingerprint density at radius 1 is 1.16 bits per heavy atom. The Balaban J connectivity index is 1.67. The second-order valence-electron chi connectivity index (χ2n) is 6.81. The van der Waals surface area contributed by atoms with E-state index >= 15 is 0 Å². The maximum Gasteiger partial charge on any atom is 0.290 e. The van der Waals surface area contributed by atoms with Crippen LogP contribution in [-0.2, 0) is 10.0 Å². The molecule has 0 aliphatic carbocycles. The lowest BCUT2D eigenvalue weighted by atomic mass is 10.2. The average molecular weight is 518 g/mol. The molecule has 0 saturated carbocycles. The summed E-state index contributed by atoms with van der Waals surface area (Å²) in [6.45, 7) is 1.78. The number of anilines is 1. The smallest absolute Gasteiger partial charge is 0.290 e. The Morgan fingerprint density at radius 2 is 1.94 bits per heavy atom. The molecule has 164 valence electrons. The Labute approximate surface area is 192 Å². The molecule has 0 spiro atoms. The molecule has 11 heteroatoms. The molecule has 3 aromatic carbocycles. The molecule has 32 heavy (non-hydrogen) atoms. The molecule has 3 aromatic rings. The van der Waals surface area contributed by atoms with Crippen LogP contribution in [0.2, 0.25) is 0 Å². The first-order valence-electron chi connectivity index (χ1n) is 9.25. The van der Waals surface area contributed by atoms with Crippen molar-refractivity contribution in [3.63, 3.8) is 0 Å². The number of aryl methyl sites for hydroxylation is 1. The predicted molar refractivity (Wildman–Crippen MR) is 123 cm³/mol. The number of aliphatic imine (C=N–C) groups is 1. The van der Waals surface area contributed by atoms with Crippen molar-refractivity contribution in [1.29, 1.82) is 0 Å². The van der Waals surface area contributed by atoms with E-state index in [1.807, 2.05) is 0 Å². The van der Waals surface area contributed by atoms with Gasteiger partial charge in [-0.3, -0.25) is 19.8 Å². The van der Waals surface area contributed by atoms with Crippen LogP contribution in [0.1, 0.15) is 11.1 Å². The van der Waals surface area contributed by atoms with Gasteiger partial charge < -0.3 is 9.47 Å². The van der Waals surface area contributed by atoms with E-state index < -0.39 is 25.5 Å². The topological polar surface area (TPSA) is 120 Å². The van der Waals surface area contributed by atoms with E-state index in [9.17, 15) is 18.5 Å². The molecule has 0 fully saturated rings. The molecule has 1 aliphatic heterocycles.